The highest BCUT2D eigenvalue weighted by Gasteiger charge is 2.07. The molecule has 1 amide bonds. The molecule has 0 aliphatic heterocycles. The number of nitrogens with zero attached hydrogens (tertiary/aromatic N) is 1. The van der Waals surface area contributed by atoms with Crippen LogP contribution in [0.25, 0.3) is 10.9 Å². The zero-order valence-electron chi connectivity index (χ0n) is 11.5. The second-order valence-corrected chi connectivity index (χ2v) is 4.57. The Kier molecular flexibility index (Phi) is 3.51. The minimum absolute atomic E-state index is 0.194. The molecule has 3 rings (SSSR count). The summed E-state index contributed by atoms with van der Waals surface area (Å²) in [7, 11) is 1.59. The van der Waals surface area contributed by atoms with E-state index in [2.05, 4.69) is 10.3 Å². The molecule has 21 heavy (non-hydrogen) atoms. The second-order valence-electron chi connectivity index (χ2n) is 4.57. The molecule has 1 N–H and O–H groups in total. The maximum Gasteiger partial charge on any atom is 0.256 e. The molecule has 0 aliphatic rings. The van der Waals surface area contributed by atoms with Gasteiger partial charge in [0.15, 0.2) is 0 Å². The third-order valence-electron chi connectivity index (χ3n) is 3.19. The van der Waals surface area contributed by atoms with Crippen molar-refractivity contribution in [1.82, 2.24) is 4.98 Å². The van der Waals surface area contributed by atoms with E-state index >= 15 is 0 Å². The minimum atomic E-state index is -0.194. The van der Waals surface area contributed by atoms with E-state index in [1.165, 1.54) is 0 Å². The molecule has 0 fully saturated rings. The Balaban J connectivity index is 1.81. The SMILES string of the molecule is COc1ccc(C(=O)Nc2ccc3ccccc3n2)cc1. The smallest absolute Gasteiger partial charge is 0.256 e. The average molecular weight is 278 g/mol. The van der Waals surface area contributed by atoms with Gasteiger partial charge in [-0.15, -0.1) is 0 Å². The fourth-order valence-corrected chi connectivity index (χ4v) is 2.07. The van der Waals surface area contributed by atoms with Crippen LogP contribution in [0.3, 0.4) is 0 Å². The van der Waals surface area contributed by atoms with Crippen LogP contribution in [-0.2, 0) is 0 Å². The van der Waals surface area contributed by atoms with Crippen LogP contribution in [0.1, 0.15) is 10.4 Å². The van der Waals surface area contributed by atoms with Gasteiger partial charge in [0, 0.05) is 10.9 Å². The Bertz CT molecular complexity index is 782. The van der Waals surface area contributed by atoms with Gasteiger partial charge in [-0.05, 0) is 42.5 Å². The van der Waals surface area contributed by atoms with Crippen LogP contribution in [0.15, 0.2) is 60.7 Å². The zero-order chi connectivity index (χ0) is 14.7. The van der Waals surface area contributed by atoms with Gasteiger partial charge < -0.3 is 10.1 Å². The molecular weight excluding hydrogens is 264 g/mol. The van der Waals surface area contributed by atoms with E-state index in [1.807, 2.05) is 30.3 Å². The summed E-state index contributed by atoms with van der Waals surface area (Å²) in [6.45, 7) is 0. The van der Waals surface area contributed by atoms with Gasteiger partial charge in [0.1, 0.15) is 11.6 Å². The number of para-hydroxylation sites is 1. The lowest BCUT2D eigenvalue weighted by Crippen LogP contribution is -2.12. The number of aromatic nitrogens is 1. The summed E-state index contributed by atoms with van der Waals surface area (Å²) < 4.78 is 5.07. The number of hydrogen-bond donors (Lipinski definition) is 1. The van der Waals surface area contributed by atoms with E-state index in [1.54, 1.807) is 37.4 Å². The van der Waals surface area contributed by atoms with Gasteiger partial charge in [-0.3, -0.25) is 4.79 Å². The lowest BCUT2D eigenvalue weighted by molar-refractivity contribution is 0.102. The third kappa shape index (κ3) is 2.84. The van der Waals surface area contributed by atoms with Crippen LogP contribution in [0, 0.1) is 0 Å². The molecule has 0 radical (unpaired) electrons. The summed E-state index contributed by atoms with van der Waals surface area (Å²) in [5, 5.41) is 3.84. The van der Waals surface area contributed by atoms with Crippen LogP contribution in [-0.4, -0.2) is 18.0 Å². The lowest BCUT2D eigenvalue weighted by atomic mass is 10.2. The fourth-order valence-electron chi connectivity index (χ4n) is 2.07. The van der Waals surface area contributed by atoms with Crippen molar-refractivity contribution < 1.29 is 9.53 Å². The Labute approximate surface area is 122 Å². The quantitative estimate of drug-likeness (QED) is 0.797. The molecular formula is C17H14N2O2. The predicted octanol–water partition coefficient (Wildman–Crippen LogP) is 3.50. The highest BCUT2D eigenvalue weighted by atomic mass is 16.5. The molecule has 2 aromatic carbocycles. The van der Waals surface area contributed by atoms with E-state index in [9.17, 15) is 4.79 Å². The number of amides is 1. The first-order valence-corrected chi connectivity index (χ1v) is 6.57. The largest absolute Gasteiger partial charge is 0.497 e. The highest BCUT2D eigenvalue weighted by molar-refractivity contribution is 6.04. The highest BCUT2D eigenvalue weighted by Crippen LogP contribution is 2.16. The molecule has 104 valence electrons. The molecule has 4 heteroatoms. The topological polar surface area (TPSA) is 51.2 Å². The number of fused-ring (bicyclic) bond motifs is 1. The molecule has 0 saturated heterocycles. The number of methoxy groups -OCH3 is 1. The van der Waals surface area contributed by atoms with Crippen LogP contribution < -0.4 is 10.1 Å². The molecule has 4 nitrogen and oxygen atoms in total. The van der Waals surface area contributed by atoms with E-state index in [4.69, 9.17) is 4.74 Å². The summed E-state index contributed by atoms with van der Waals surface area (Å²) >= 11 is 0. The lowest BCUT2D eigenvalue weighted by Gasteiger charge is -2.06. The van der Waals surface area contributed by atoms with E-state index < -0.39 is 0 Å². The Hall–Kier alpha value is -2.88. The van der Waals surface area contributed by atoms with Crippen LogP contribution >= 0.6 is 0 Å². The molecule has 0 unspecified atom stereocenters. The number of nitrogens with one attached hydrogen (secondary N) is 1. The number of carbonyl (C=O) groups excluding carboxylic acids is 1. The number of benzene rings is 2. The van der Waals surface area contributed by atoms with E-state index in [0.717, 1.165) is 16.7 Å². The number of hydrogen-bond acceptors (Lipinski definition) is 3. The van der Waals surface area contributed by atoms with Crippen LogP contribution in [0.4, 0.5) is 5.82 Å². The van der Waals surface area contributed by atoms with Crippen molar-refractivity contribution in [3.63, 3.8) is 0 Å². The molecule has 0 spiro atoms. The second kappa shape index (κ2) is 5.63. The van der Waals surface area contributed by atoms with Gasteiger partial charge in [0.25, 0.3) is 5.91 Å². The first-order valence-electron chi connectivity index (χ1n) is 6.57. The standard InChI is InChI=1S/C17H14N2O2/c1-21-14-9-6-13(7-10-14)17(20)19-16-11-8-12-4-2-3-5-15(12)18-16/h2-11H,1H3,(H,18,19,20). The maximum absolute atomic E-state index is 12.2. The zero-order valence-corrected chi connectivity index (χ0v) is 11.5. The summed E-state index contributed by atoms with van der Waals surface area (Å²) in [4.78, 5) is 16.6. The molecule has 0 saturated carbocycles. The predicted molar refractivity (Wildman–Crippen MR) is 82.7 cm³/mol. The van der Waals surface area contributed by atoms with Gasteiger partial charge in [-0.2, -0.15) is 0 Å². The van der Waals surface area contributed by atoms with Crippen molar-refractivity contribution in [3.05, 3.63) is 66.2 Å². The Morgan fingerprint density at radius 3 is 2.52 bits per heavy atom. The number of rotatable bonds is 3. The molecule has 1 heterocycles. The van der Waals surface area contributed by atoms with Crippen molar-refractivity contribution in [3.8, 4) is 5.75 Å². The molecule has 3 aromatic rings. The normalized spacial score (nSPS) is 10.3. The van der Waals surface area contributed by atoms with Crippen molar-refractivity contribution in [2.75, 3.05) is 12.4 Å². The summed E-state index contributed by atoms with van der Waals surface area (Å²) in [6.07, 6.45) is 0. The van der Waals surface area contributed by atoms with Gasteiger partial charge in [-0.1, -0.05) is 18.2 Å². The summed E-state index contributed by atoms with van der Waals surface area (Å²) in [5.74, 6) is 1.06. The molecule has 0 aliphatic carbocycles. The van der Waals surface area contributed by atoms with Gasteiger partial charge in [0.2, 0.25) is 0 Å². The van der Waals surface area contributed by atoms with Crippen molar-refractivity contribution >= 4 is 22.6 Å². The fraction of sp³-hybridized carbons (Fsp3) is 0.0588. The average Bonchev–Trinajstić information content (AvgIpc) is 2.55. The van der Waals surface area contributed by atoms with Crippen LogP contribution in [0.2, 0.25) is 0 Å². The van der Waals surface area contributed by atoms with E-state index in [-0.39, 0.29) is 5.91 Å². The molecule has 0 atom stereocenters. The van der Waals surface area contributed by atoms with Crippen molar-refractivity contribution in [1.29, 1.82) is 0 Å². The van der Waals surface area contributed by atoms with Gasteiger partial charge >= 0.3 is 0 Å². The van der Waals surface area contributed by atoms with Crippen molar-refractivity contribution in [2.24, 2.45) is 0 Å². The minimum Gasteiger partial charge on any atom is -0.497 e. The molecule has 0 bridgehead atoms. The number of carbonyl (C=O) groups is 1. The monoisotopic (exact) mass is 278 g/mol. The van der Waals surface area contributed by atoms with Crippen molar-refractivity contribution in [2.45, 2.75) is 0 Å². The summed E-state index contributed by atoms with van der Waals surface area (Å²) in [6, 6.07) is 18.4. The Morgan fingerprint density at radius 1 is 1.00 bits per heavy atom. The third-order valence-corrected chi connectivity index (χ3v) is 3.19. The van der Waals surface area contributed by atoms with Gasteiger partial charge in [0.05, 0.1) is 12.6 Å². The number of pyridine rings is 1. The van der Waals surface area contributed by atoms with Crippen LogP contribution in [0.5, 0.6) is 5.75 Å². The maximum atomic E-state index is 12.2. The molecule has 1 aromatic heterocycles. The number of anilines is 1. The Morgan fingerprint density at radius 2 is 1.76 bits per heavy atom. The number of ether oxygens (including phenoxy) is 1. The summed E-state index contributed by atoms with van der Waals surface area (Å²) in [5.41, 5.74) is 1.41. The van der Waals surface area contributed by atoms with E-state index in [0.29, 0.717) is 11.4 Å². The first-order chi connectivity index (χ1) is 10.3. The van der Waals surface area contributed by atoms with Gasteiger partial charge in [-0.25, -0.2) is 4.98 Å². The first kappa shape index (κ1) is 13.1.